The van der Waals surface area contributed by atoms with Gasteiger partial charge in [0.25, 0.3) is 0 Å². The quantitative estimate of drug-likeness (QED) is 0.877. The average molecular weight is 363 g/mol. The number of anilines is 1. The van der Waals surface area contributed by atoms with Gasteiger partial charge in [-0.05, 0) is 43.7 Å². The molecule has 2 heterocycles. The van der Waals surface area contributed by atoms with Gasteiger partial charge in [0, 0.05) is 11.3 Å². The first kappa shape index (κ1) is 18.2. The van der Waals surface area contributed by atoms with E-state index in [0.717, 1.165) is 19.4 Å². The van der Waals surface area contributed by atoms with E-state index >= 15 is 0 Å². The van der Waals surface area contributed by atoms with E-state index in [1.165, 1.54) is 12.1 Å². The van der Waals surface area contributed by atoms with E-state index in [-0.39, 0.29) is 30.2 Å². The van der Waals surface area contributed by atoms with Crippen LogP contribution < -0.4 is 10.6 Å². The molecule has 1 amide bonds. The number of nitrogens with zero attached hydrogens (tertiary/aromatic N) is 2. The van der Waals surface area contributed by atoms with Gasteiger partial charge in [-0.2, -0.15) is 18.2 Å². The number of hydrogen-bond donors (Lipinski definition) is 2. The van der Waals surface area contributed by atoms with Crippen molar-refractivity contribution in [3.05, 3.63) is 30.2 Å². The van der Waals surface area contributed by atoms with Gasteiger partial charge in [-0.25, -0.2) is 0 Å². The molecule has 0 saturated carbocycles. The van der Waals surface area contributed by atoms with Gasteiger partial charge in [0.2, 0.25) is 11.7 Å². The van der Waals surface area contributed by atoms with E-state index in [1.54, 1.807) is 12.1 Å². The summed E-state index contributed by atoms with van der Waals surface area (Å²) in [6.45, 7) is 0.816. The summed E-state index contributed by atoms with van der Waals surface area (Å²) in [6, 6.07) is 5.98. The highest BCUT2D eigenvalue weighted by atomic mass is 35.5. The van der Waals surface area contributed by atoms with Crippen molar-refractivity contribution in [2.75, 3.05) is 11.9 Å². The molecule has 0 spiro atoms. The maximum atomic E-state index is 12.4. The van der Waals surface area contributed by atoms with Gasteiger partial charge in [-0.1, -0.05) is 5.16 Å². The van der Waals surface area contributed by atoms with Crippen LogP contribution in [0.25, 0.3) is 11.4 Å². The van der Waals surface area contributed by atoms with Crippen LogP contribution in [0.2, 0.25) is 0 Å². The number of benzene rings is 1. The summed E-state index contributed by atoms with van der Waals surface area (Å²) in [4.78, 5) is 15.3. The summed E-state index contributed by atoms with van der Waals surface area (Å²) in [6.07, 6.45) is -2.93. The molecule has 2 N–H and O–H groups in total. The van der Waals surface area contributed by atoms with Crippen LogP contribution in [0.15, 0.2) is 28.8 Å². The smallest absolute Gasteiger partial charge is 0.329 e. The van der Waals surface area contributed by atoms with Gasteiger partial charge in [-0.3, -0.25) is 4.79 Å². The Labute approximate surface area is 141 Å². The fourth-order valence-electron chi connectivity index (χ4n) is 2.30. The van der Waals surface area contributed by atoms with E-state index in [1.807, 2.05) is 0 Å². The van der Waals surface area contributed by atoms with Crippen molar-refractivity contribution in [1.29, 1.82) is 0 Å². The van der Waals surface area contributed by atoms with Crippen LogP contribution in [0.4, 0.5) is 18.9 Å². The molecule has 3 rings (SSSR count). The van der Waals surface area contributed by atoms with Crippen LogP contribution in [-0.2, 0) is 11.0 Å². The lowest BCUT2D eigenvalue weighted by molar-refractivity contribution is -0.159. The topological polar surface area (TPSA) is 80.1 Å². The Kier molecular flexibility index (Phi) is 5.45. The van der Waals surface area contributed by atoms with Crippen molar-refractivity contribution in [3.63, 3.8) is 0 Å². The average Bonchev–Trinajstić information content (AvgIpc) is 3.19. The lowest BCUT2D eigenvalue weighted by Crippen LogP contribution is -2.35. The lowest BCUT2D eigenvalue weighted by atomic mass is 10.1. The summed E-state index contributed by atoms with van der Waals surface area (Å²) in [5.74, 6) is -1.68. The van der Waals surface area contributed by atoms with Gasteiger partial charge in [-0.15, -0.1) is 12.4 Å². The first-order valence-corrected chi connectivity index (χ1v) is 6.99. The number of alkyl halides is 3. The molecule has 0 radical (unpaired) electrons. The predicted octanol–water partition coefficient (Wildman–Crippen LogP) is 2.87. The van der Waals surface area contributed by atoms with Crippen molar-refractivity contribution in [2.24, 2.45) is 0 Å². The highest BCUT2D eigenvalue weighted by Gasteiger charge is 2.38. The molecule has 1 aromatic carbocycles. The second kappa shape index (κ2) is 7.18. The molecule has 6 nitrogen and oxygen atoms in total. The Balaban J connectivity index is 0.00000208. The number of nitrogens with one attached hydrogen (secondary N) is 2. The minimum atomic E-state index is -4.67. The first-order chi connectivity index (χ1) is 10.9. The molecule has 1 aliphatic heterocycles. The number of carbonyl (C=O) groups is 1. The van der Waals surface area contributed by atoms with Crippen LogP contribution in [0.1, 0.15) is 18.7 Å². The Bertz CT molecular complexity index is 697. The van der Waals surface area contributed by atoms with Crippen LogP contribution in [0.3, 0.4) is 0 Å². The number of hydrogen-bond acceptors (Lipinski definition) is 5. The number of rotatable bonds is 3. The van der Waals surface area contributed by atoms with Gasteiger partial charge < -0.3 is 15.2 Å². The molecule has 130 valence electrons. The standard InChI is InChI=1S/C14H13F3N4O2.ClH/c15-14(16,17)13-20-11(21-23-13)8-3-5-9(6-4-8)19-12(22)10-2-1-7-18-10;/h3-6,10,18H,1-2,7H2,(H,19,22);1H. The molecule has 0 aliphatic carbocycles. The normalized spacial score (nSPS) is 17.4. The van der Waals surface area contributed by atoms with E-state index in [9.17, 15) is 18.0 Å². The minimum Gasteiger partial charge on any atom is -0.329 e. The maximum absolute atomic E-state index is 12.4. The Morgan fingerprint density at radius 1 is 1.29 bits per heavy atom. The SMILES string of the molecule is Cl.O=C(Nc1ccc(-c2noc(C(F)(F)F)n2)cc1)C1CCCN1. The third-order valence-corrected chi connectivity index (χ3v) is 3.46. The number of halogens is 4. The second-order valence-corrected chi connectivity index (χ2v) is 5.14. The van der Waals surface area contributed by atoms with Crippen molar-refractivity contribution in [3.8, 4) is 11.4 Å². The summed E-state index contributed by atoms with van der Waals surface area (Å²) >= 11 is 0. The zero-order valence-corrected chi connectivity index (χ0v) is 13.1. The fourth-order valence-corrected chi connectivity index (χ4v) is 2.30. The second-order valence-electron chi connectivity index (χ2n) is 5.14. The molecule has 2 aromatic rings. The largest absolute Gasteiger partial charge is 0.471 e. The third kappa shape index (κ3) is 4.04. The molecule has 24 heavy (non-hydrogen) atoms. The molecule has 1 atom stereocenters. The fraction of sp³-hybridized carbons (Fsp3) is 0.357. The highest BCUT2D eigenvalue weighted by Crippen LogP contribution is 2.29. The summed E-state index contributed by atoms with van der Waals surface area (Å²) in [7, 11) is 0. The molecule has 1 aliphatic rings. The van der Waals surface area contributed by atoms with Crippen molar-refractivity contribution in [2.45, 2.75) is 25.1 Å². The molecule has 0 bridgehead atoms. The van der Waals surface area contributed by atoms with Crippen LogP contribution >= 0.6 is 12.4 Å². The summed E-state index contributed by atoms with van der Waals surface area (Å²) in [5, 5.41) is 9.13. The van der Waals surface area contributed by atoms with Crippen LogP contribution in [0.5, 0.6) is 0 Å². The maximum Gasteiger partial charge on any atom is 0.471 e. The number of aromatic nitrogens is 2. The zero-order chi connectivity index (χ0) is 16.4. The molecule has 1 aromatic heterocycles. The highest BCUT2D eigenvalue weighted by molar-refractivity contribution is 5.95. The van der Waals surface area contributed by atoms with Crippen LogP contribution in [-0.4, -0.2) is 28.6 Å². The molecule has 1 fully saturated rings. The molecular weight excluding hydrogens is 349 g/mol. The van der Waals surface area contributed by atoms with Gasteiger partial charge in [0.15, 0.2) is 0 Å². The summed E-state index contributed by atoms with van der Waals surface area (Å²) in [5.41, 5.74) is 0.910. The van der Waals surface area contributed by atoms with Gasteiger partial charge >= 0.3 is 12.1 Å². The molecular formula is C14H14ClF3N4O2. The molecule has 10 heteroatoms. The number of carbonyl (C=O) groups excluding carboxylic acids is 1. The number of amides is 1. The predicted molar refractivity (Wildman–Crippen MR) is 81.6 cm³/mol. The molecule has 1 unspecified atom stereocenters. The third-order valence-electron chi connectivity index (χ3n) is 3.46. The van der Waals surface area contributed by atoms with E-state index < -0.39 is 12.1 Å². The van der Waals surface area contributed by atoms with Crippen molar-refractivity contribution < 1.29 is 22.5 Å². The Hall–Kier alpha value is -2.13. The Morgan fingerprint density at radius 3 is 2.54 bits per heavy atom. The van der Waals surface area contributed by atoms with E-state index in [2.05, 4.69) is 25.3 Å². The zero-order valence-electron chi connectivity index (χ0n) is 12.3. The van der Waals surface area contributed by atoms with Crippen molar-refractivity contribution in [1.82, 2.24) is 15.5 Å². The molecule has 1 saturated heterocycles. The van der Waals surface area contributed by atoms with E-state index in [0.29, 0.717) is 11.3 Å². The monoisotopic (exact) mass is 362 g/mol. The lowest BCUT2D eigenvalue weighted by Gasteiger charge is -2.11. The van der Waals surface area contributed by atoms with Gasteiger partial charge in [0.1, 0.15) is 0 Å². The van der Waals surface area contributed by atoms with Gasteiger partial charge in [0.05, 0.1) is 6.04 Å². The van der Waals surface area contributed by atoms with Crippen molar-refractivity contribution >= 4 is 24.0 Å². The first-order valence-electron chi connectivity index (χ1n) is 6.99. The minimum absolute atomic E-state index is 0. The van der Waals surface area contributed by atoms with Crippen LogP contribution in [0, 0.1) is 0 Å². The Morgan fingerprint density at radius 2 is 2.00 bits per heavy atom. The van der Waals surface area contributed by atoms with E-state index in [4.69, 9.17) is 0 Å². The summed E-state index contributed by atoms with van der Waals surface area (Å²) < 4.78 is 41.4.